The fraction of sp³-hybridized carbons (Fsp3) is 0.222. The maximum Gasteiger partial charge on any atom is 0.255 e. The lowest BCUT2D eigenvalue weighted by Gasteiger charge is -2.27. The Hall–Kier alpha value is -5.24. The molecule has 1 aliphatic rings. The summed E-state index contributed by atoms with van der Waals surface area (Å²) in [5.41, 5.74) is 5.51. The van der Waals surface area contributed by atoms with Crippen LogP contribution in [0.2, 0.25) is 0 Å². The zero-order chi connectivity index (χ0) is 31.1. The number of carbonyl (C=O) groups is 4. The molecular formula is C36H36N4O4. The Morgan fingerprint density at radius 3 is 1.18 bits per heavy atom. The molecule has 0 radical (unpaired) electrons. The molecular weight excluding hydrogens is 552 g/mol. The Morgan fingerprint density at radius 1 is 0.477 bits per heavy atom. The lowest BCUT2D eigenvalue weighted by Crippen LogP contribution is -2.32. The average Bonchev–Trinajstić information content (AvgIpc) is 3.01. The molecule has 224 valence electrons. The number of carbonyl (C=O) groups excluding carboxylic acids is 4. The van der Waals surface area contributed by atoms with Crippen LogP contribution in [0.1, 0.15) is 57.5 Å². The van der Waals surface area contributed by atoms with E-state index >= 15 is 0 Å². The van der Waals surface area contributed by atoms with Gasteiger partial charge >= 0.3 is 0 Å². The topological polar surface area (TPSA) is 116 Å². The molecule has 0 saturated heterocycles. The first-order valence-corrected chi connectivity index (χ1v) is 14.8. The van der Waals surface area contributed by atoms with Crippen LogP contribution in [-0.4, -0.2) is 23.6 Å². The lowest BCUT2D eigenvalue weighted by atomic mass is 9.81. The number of hydrogen-bond acceptors (Lipinski definition) is 4. The van der Waals surface area contributed by atoms with Crippen molar-refractivity contribution in [3.05, 3.63) is 119 Å². The van der Waals surface area contributed by atoms with Crippen LogP contribution in [0, 0.1) is 25.7 Å². The van der Waals surface area contributed by atoms with Crippen LogP contribution in [0.4, 0.5) is 22.7 Å². The molecule has 4 aromatic carbocycles. The van der Waals surface area contributed by atoms with E-state index in [0.29, 0.717) is 59.6 Å². The second kappa shape index (κ2) is 13.8. The first-order valence-electron chi connectivity index (χ1n) is 14.8. The molecule has 0 unspecified atom stereocenters. The summed E-state index contributed by atoms with van der Waals surface area (Å²) in [5.74, 6) is -1.19. The third-order valence-corrected chi connectivity index (χ3v) is 7.81. The number of rotatable bonds is 8. The molecule has 8 heteroatoms. The van der Waals surface area contributed by atoms with Gasteiger partial charge in [-0.15, -0.1) is 0 Å². The molecule has 4 amide bonds. The number of nitrogens with one attached hydrogen (secondary N) is 4. The van der Waals surface area contributed by atoms with Gasteiger partial charge in [0, 0.05) is 45.7 Å². The highest BCUT2D eigenvalue weighted by atomic mass is 16.2. The average molecular weight is 589 g/mol. The largest absolute Gasteiger partial charge is 0.326 e. The molecule has 1 saturated carbocycles. The molecule has 0 aromatic heterocycles. The summed E-state index contributed by atoms with van der Waals surface area (Å²) in [6.45, 7) is 3.92. The van der Waals surface area contributed by atoms with E-state index in [4.69, 9.17) is 0 Å². The Morgan fingerprint density at radius 2 is 0.818 bits per heavy atom. The van der Waals surface area contributed by atoms with E-state index in [2.05, 4.69) is 21.3 Å². The van der Waals surface area contributed by atoms with Crippen molar-refractivity contribution in [2.45, 2.75) is 39.5 Å². The Bertz CT molecular complexity index is 1570. The van der Waals surface area contributed by atoms with Gasteiger partial charge in [0.1, 0.15) is 0 Å². The van der Waals surface area contributed by atoms with Gasteiger partial charge in [-0.3, -0.25) is 19.2 Å². The zero-order valence-electron chi connectivity index (χ0n) is 24.9. The van der Waals surface area contributed by atoms with Crippen LogP contribution < -0.4 is 21.3 Å². The van der Waals surface area contributed by atoms with Gasteiger partial charge in [-0.2, -0.15) is 0 Å². The third-order valence-electron chi connectivity index (χ3n) is 7.81. The van der Waals surface area contributed by atoms with Crippen LogP contribution in [0.25, 0.3) is 0 Å². The maximum absolute atomic E-state index is 13.0. The minimum Gasteiger partial charge on any atom is -0.326 e. The fourth-order valence-corrected chi connectivity index (χ4v) is 5.43. The summed E-state index contributed by atoms with van der Waals surface area (Å²) >= 11 is 0. The van der Waals surface area contributed by atoms with E-state index in [-0.39, 0.29) is 35.5 Å². The first-order chi connectivity index (χ1) is 21.2. The van der Waals surface area contributed by atoms with Crippen molar-refractivity contribution < 1.29 is 19.2 Å². The Balaban J connectivity index is 1.11. The minimum absolute atomic E-state index is 0.118. The van der Waals surface area contributed by atoms with Gasteiger partial charge in [0.05, 0.1) is 0 Å². The molecule has 5 rings (SSSR count). The highest BCUT2D eigenvalue weighted by molar-refractivity contribution is 6.06. The summed E-state index contributed by atoms with van der Waals surface area (Å²) in [7, 11) is 0. The SMILES string of the molecule is Cc1cccc(NC(=O)c2cccc(NC(=O)C3CCC(C(=O)Nc4cccc(C(=O)Nc5cccc(C)c5)c4)CC3)c2)c1. The van der Waals surface area contributed by atoms with E-state index in [1.807, 2.05) is 62.4 Å². The van der Waals surface area contributed by atoms with Crippen molar-refractivity contribution >= 4 is 46.4 Å². The lowest BCUT2D eigenvalue weighted by molar-refractivity contribution is -0.125. The highest BCUT2D eigenvalue weighted by Crippen LogP contribution is 2.31. The van der Waals surface area contributed by atoms with Crippen LogP contribution in [0.15, 0.2) is 97.1 Å². The highest BCUT2D eigenvalue weighted by Gasteiger charge is 2.30. The fourth-order valence-electron chi connectivity index (χ4n) is 5.43. The van der Waals surface area contributed by atoms with Crippen LogP contribution in [0.5, 0.6) is 0 Å². The second-order valence-electron chi connectivity index (χ2n) is 11.3. The van der Waals surface area contributed by atoms with Gasteiger partial charge < -0.3 is 21.3 Å². The predicted molar refractivity (Wildman–Crippen MR) is 174 cm³/mol. The molecule has 8 nitrogen and oxygen atoms in total. The normalized spacial score (nSPS) is 16.0. The summed E-state index contributed by atoms with van der Waals surface area (Å²) in [4.78, 5) is 51.6. The van der Waals surface area contributed by atoms with Gasteiger partial charge in [-0.25, -0.2) is 0 Å². The summed E-state index contributed by atoms with van der Waals surface area (Å²) in [6, 6.07) is 28.9. The van der Waals surface area contributed by atoms with Gasteiger partial charge in [-0.1, -0.05) is 36.4 Å². The van der Waals surface area contributed by atoms with Crippen molar-refractivity contribution in [2.24, 2.45) is 11.8 Å². The third kappa shape index (κ3) is 7.98. The molecule has 0 atom stereocenters. The predicted octanol–water partition coefficient (Wildman–Crippen LogP) is 7.19. The second-order valence-corrected chi connectivity index (χ2v) is 11.3. The minimum atomic E-state index is -0.254. The Labute approximate surface area is 257 Å². The summed E-state index contributed by atoms with van der Waals surface area (Å²) in [6.07, 6.45) is 2.32. The standard InChI is InChI=1S/C36H36N4O4/c1-23-7-3-11-29(19-23)37-35(43)27-9-5-13-31(21-27)39-33(41)25-15-17-26(18-16-25)34(42)40-32-14-6-10-28(22-32)36(44)38-30-12-4-8-24(2)20-30/h3-14,19-22,25-26H,15-18H2,1-2H3,(H,37,43)(H,38,44)(H,39,41)(H,40,42). The molecule has 1 aliphatic carbocycles. The van der Waals surface area contributed by atoms with Crippen molar-refractivity contribution in [2.75, 3.05) is 21.3 Å². The molecule has 44 heavy (non-hydrogen) atoms. The van der Waals surface area contributed by atoms with Crippen LogP contribution in [-0.2, 0) is 9.59 Å². The Kier molecular flexibility index (Phi) is 9.49. The van der Waals surface area contributed by atoms with Gasteiger partial charge in [0.15, 0.2) is 0 Å². The monoisotopic (exact) mass is 588 g/mol. The summed E-state index contributed by atoms with van der Waals surface area (Å²) < 4.78 is 0. The molecule has 4 N–H and O–H groups in total. The van der Waals surface area contributed by atoms with Gasteiger partial charge in [0.2, 0.25) is 11.8 Å². The molecule has 1 fully saturated rings. The summed E-state index contributed by atoms with van der Waals surface area (Å²) in [5, 5.41) is 11.7. The van der Waals surface area contributed by atoms with Gasteiger partial charge in [-0.05, 0) is 111 Å². The number of benzene rings is 4. The van der Waals surface area contributed by atoms with Crippen molar-refractivity contribution in [1.29, 1.82) is 0 Å². The smallest absolute Gasteiger partial charge is 0.255 e. The molecule has 0 heterocycles. The van der Waals surface area contributed by atoms with Crippen molar-refractivity contribution in [3.8, 4) is 0 Å². The van der Waals surface area contributed by atoms with E-state index in [1.165, 1.54) is 0 Å². The zero-order valence-corrected chi connectivity index (χ0v) is 24.9. The van der Waals surface area contributed by atoms with Crippen LogP contribution >= 0.6 is 0 Å². The molecule has 0 aliphatic heterocycles. The molecule has 0 bridgehead atoms. The molecule has 4 aromatic rings. The molecule has 0 spiro atoms. The van der Waals surface area contributed by atoms with E-state index in [1.54, 1.807) is 48.5 Å². The number of anilines is 4. The van der Waals surface area contributed by atoms with Crippen LogP contribution in [0.3, 0.4) is 0 Å². The number of aryl methyl sites for hydroxylation is 2. The maximum atomic E-state index is 13.0. The number of amides is 4. The van der Waals surface area contributed by atoms with E-state index in [9.17, 15) is 19.2 Å². The van der Waals surface area contributed by atoms with Crippen molar-refractivity contribution in [1.82, 2.24) is 0 Å². The number of hydrogen-bond donors (Lipinski definition) is 4. The van der Waals surface area contributed by atoms with E-state index < -0.39 is 0 Å². The van der Waals surface area contributed by atoms with E-state index in [0.717, 1.165) is 11.1 Å². The van der Waals surface area contributed by atoms with Crippen molar-refractivity contribution in [3.63, 3.8) is 0 Å². The quantitative estimate of drug-likeness (QED) is 0.174. The first kappa shape index (κ1) is 30.2. The van der Waals surface area contributed by atoms with Gasteiger partial charge in [0.25, 0.3) is 11.8 Å².